The van der Waals surface area contributed by atoms with Crippen molar-refractivity contribution >= 4 is 33.5 Å². The number of carboxylic acid groups (broad SMARTS) is 1. The molecule has 0 heterocycles. The number of aliphatic carboxylic acids is 1. The monoisotopic (exact) mass is 435 g/mol. The Bertz CT molecular complexity index is 830. The molecule has 2 N–H and O–H groups in total. The minimum atomic E-state index is -1.03. The van der Waals surface area contributed by atoms with Gasteiger partial charge in [0.2, 0.25) is 5.91 Å². The second-order valence-electron chi connectivity index (χ2n) is 6.87. The predicted molar refractivity (Wildman–Crippen MR) is 107 cm³/mol. The molecule has 0 saturated carbocycles. The van der Waals surface area contributed by atoms with Crippen molar-refractivity contribution in [3.05, 3.63) is 63.4 Å². The largest absolute Gasteiger partial charge is 0.481 e. The highest BCUT2D eigenvalue weighted by Crippen LogP contribution is 2.27. The van der Waals surface area contributed by atoms with E-state index in [1.165, 1.54) is 6.07 Å². The summed E-state index contributed by atoms with van der Waals surface area (Å²) in [5.74, 6) is -3.07. The summed E-state index contributed by atoms with van der Waals surface area (Å²) in [6.45, 7) is 5.49. The molecule has 4 nitrogen and oxygen atoms in total. The molecule has 0 aliphatic heterocycles. The van der Waals surface area contributed by atoms with E-state index in [2.05, 4.69) is 21.2 Å². The Morgan fingerprint density at radius 3 is 2.33 bits per heavy atom. The van der Waals surface area contributed by atoms with E-state index in [0.29, 0.717) is 5.56 Å². The third kappa shape index (κ3) is 5.63. The molecule has 0 aliphatic carbocycles. The fourth-order valence-corrected chi connectivity index (χ4v) is 3.78. The molecule has 0 radical (unpaired) electrons. The molecule has 2 aromatic rings. The Labute approximate surface area is 166 Å². The van der Waals surface area contributed by atoms with Crippen LogP contribution in [0.3, 0.4) is 0 Å². The average Bonchev–Trinajstić information content (AvgIpc) is 2.58. The van der Waals surface area contributed by atoms with Crippen LogP contribution in [0.1, 0.15) is 30.0 Å². The van der Waals surface area contributed by atoms with Crippen molar-refractivity contribution in [1.29, 1.82) is 0 Å². The Morgan fingerprint density at radius 2 is 1.78 bits per heavy atom. The predicted octanol–water partition coefficient (Wildman–Crippen LogP) is 5.11. The van der Waals surface area contributed by atoms with Gasteiger partial charge < -0.3 is 10.4 Å². The number of carbonyl (C=O) groups excluding carboxylic acids is 1. The van der Waals surface area contributed by atoms with E-state index >= 15 is 0 Å². The van der Waals surface area contributed by atoms with Crippen LogP contribution in [-0.2, 0) is 16.0 Å². The van der Waals surface area contributed by atoms with Gasteiger partial charge in [0, 0.05) is 16.1 Å². The molecule has 2 rings (SSSR count). The fraction of sp³-hybridized carbons (Fsp3) is 0.333. The van der Waals surface area contributed by atoms with E-state index in [1.54, 1.807) is 25.1 Å². The first-order valence-electron chi connectivity index (χ1n) is 8.72. The lowest BCUT2D eigenvalue weighted by atomic mass is 9.89. The van der Waals surface area contributed by atoms with E-state index in [4.69, 9.17) is 0 Å². The summed E-state index contributed by atoms with van der Waals surface area (Å²) in [6, 6.07) is 9.94. The van der Waals surface area contributed by atoms with Crippen LogP contribution in [0.15, 0.2) is 40.9 Å². The van der Waals surface area contributed by atoms with E-state index < -0.39 is 23.6 Å². The lowest BCUT2D eigenvalue weighted by Crippen LogP contribution is -2.27. The van der Waals surface area contributed by atoms with Crippen LogP contribution in [0.2, 0.25) is 0 Å². The number of carbonyl (C=O) groups is 2. The Morgan fingerprint density at radius 1 is 1.19 bits per heavy atom. The number of benzene rings is 2. The molecule has 27 heavy (non-hydrogen) atoms. The van der Waals surface area contributed by atoms with Crippen molar-refractivity contribution in [2.75, 3.05) is 5.32 Å². The molecule has 0 fully saturated rings. The molecule has 1 amide bonds. The number of amides is 1. The van der Waals surface area contributed by atoms with Crippen LogP contribution < -0.4 is 5.32 Å². The van der Waals surface area contributed by atoms with Crippen molar-refractivity contribution in [3.63, 3.8) is 0 Å². The quantitative estimate of drug-likeness (QED) is 0.634. The number of rotatable bonds is 7. The van der Waals surface area contributed by atoms with Gasteiger partial charge in [-0.15, -0.1) is 0 Å². The van der Waals surface area contributed by atoms with Gasteiger partial charge in [-0.05, 0) is 61.6 Å². The summed E-state index contributed by atoms with van der Waals surface area (Å²) < 4.78 is 14.8. The number of anilines is 1. The average molecular weight is 436 g/mol. The zero-order valence-corrected chi connectivity index (χ0v) is 17.1. The number of nitrogens with one attached hydrogen (secondary N) is 1. The number of aryl methyl sites for hydroxylation is 2. The Balaban J connectivity index is 2.09. The maximum Gasteiger partial charge on any atom is 0.306 e. The minimum absolute atomic E-state index is 0.0516. The summed E-state index contributed by atoms with van der Waals surface area (Å²) in [7, 11) is 0. The molecule has 0 saturated heterocycles. The first kappa shape index (κ1) is 21.1. The molecule has 0 aromatic heterocycles. The summed E-state index contributed by atoms with van der Waals surface area (Å²) in [5.41, 5.74) is 2.92. The summed E-state index contributed by atoms with van der Waals surface area (Å²) in [6.07, 6.45) is 0.181. The van der Waals surface area contributed by atoms with Gasteiger partial charge >= 0.3 is 5.97 Å². The highest BCUT2D eigenvalue weighted by atomic mass is 79.9. The van der Waals surface area contributed by atoms with E-state index in [0.717, 1.165) is 21.3 Å². The maximum absolute atomic E-state index is 13.8. The molecule has 6 heteroatoms. The van der Waals surface area contributed by atoms with Crippen molar-refractivity contribution in [1.82, 2.24) is 0 Å². The lowest BCUT2D eigenvalue weighted by molar-refractivity contribution is -0.142. The topological polar surface area (TPSA) is 66.4 Å². The van der Waals surface area contributed by atoms with Gasteiger partial charge in [0.25, 0.3) is 0 Å². The second-order valence-corrected chi connectivity index (χ2v) is 7.79. The number of halogens is 2. The first-order chi connectivity index (χ1) is 12.7. The van der Waals surface area contributed by atoms with Crippen molar-refractivity contribution < 1.29 is 19.1 Å². The van der Waals surface area contributed by atoms with Gasteiger partial charge in [-0.2, -0.15) is 0 Å². The molecule has 0 aliphatic rings. The highest BCUT2D eigenvalue weighted by Gasteiger charge is 2.26. The summed E-state index contributed by atoms with van der Waals surface area (Å²) in [4.78, 5) is 24.2. The minimum Gasteiger partial charge on any atom is -0.481 e. The Kier molecular flexibility index (Phi) is 7.13. The van der Waals surface area contributed by atoms with Gasteiger partial charge in [0.1, 0.15) is 5.82 Å². The van der Waals surface area contributed by atoms with E-state index in [1.807, 2.05) is 26.0 Å². The SMILES string of the molecule is Cc1cc(Br)cc(C)c1NC(=O)[C@H](C)C[C@H](Cc1ccccc1F)C(=O)O. The molecular weight excluding hydrogens is 413 g/mol. The van der Waals surface area contributed by atoms with Crippen molar-refractivity contribution in [3.8, 4) is 0 Å². The molecule has 0 bridgehead atoms. The smallest absolute Gasteiger partial charge is 0.306 e. The van der Waals surface area contributed by atoms with E-state index in [-0.39, 0.29) is 18.7 Å². The van der Waals surface area contributed by atoms with Crippen molar-refractivity contribution in [2.45, 2.75) is 33.6 Å². The van der Waals surface area contributed by atoms with Gasteiger partial charge in [0.15, 0.2) is 0 Å². The van der Waals surface area contributed by atoms with Crippen LogP contribution in [0.5, 0.6) is 0 Å². The lowest BCUT2D eigenvalue weighted by Gasteiger charge is -2.19. The molecule has 0 unspecified atom stereocenters. The van der Waals surface area contributed by atoms with Gasteiger partial charge in [-0.25, -0.2) is 4.39 Å². The van der Waals surface area contributed by atoms with Crippen LogP contribution >= 0.6 is 15.9 Å². The molecule has 144 valence electrons. The molecule has 0 spiro atoms. The highest BCUT2D eigenvalue weighted by molar-refractivity contribution is 9.10. The first-order valence-corrected chi connectivity index (χ1v) is 9.52. The number of carboxylic acids is 1. The van der Waals surface area contributed by atoms with Crippen LogP contribution in [-0.4, -0.2) is 17.0 Å². The van der Waals surface area contributed by atoms with E-state index in [9.17, 15) is 19.1 Å². The van der Waals surface area contributed by atoms with Gasteiger partial charge in [0.05, 0.1) is 5.92 Å². The Hall–Kier alpha value is -2.21. The summed E-state index contributed by atoms with van der Waals surface area (Å²) in [5, 5.41) is 12.4. The normalized spacial score (nSPS) is 13.1. The zero-order chi connectivity index (χ0) is 20.1. The van der Waals surface area contributed by atoms with Crippen LogP contribution in [0.25, 0.3) is 0 Å². The summed E-state index contributed by atoms with van der Waals surface area (Å²) >= 11 is 3.42. The molecule has 2 atom stereocenters. The molecular formula is C21H23BrFNO3. The third-order valence-corrected chi connectivity index (χ3v) is 5.06. The maximum atomic E-state index is 13.8. The molecule has 2 aromatic carbocycles. The zero-order valence-electron chi connectivity index (χ0n) is 15.6. The van der Waals surface area contributed by atoms with Gasteiger partial charge in [-0.3, -0.25) is 9.59 Å². The fourth-order valence-electron chi connectivity index (χ4n) is 3.09. The second kappa shape index (κ2) is 9.13. The number of hydrogen-bond donors (Lipinski definition) is 2. The third-order valence-electron chi connectivity index (χ3n) is 4.60. The van der Waals surface area contributed by atoms with Crippen LogP contribution in [0, 0.1) is 31.5 Å². The van der Waals surface area contributed by atoms with Crippen LogP contribution in [0.4, 0.5) is 10.1 Å². The standard InChI is InChI=1S/C21H23BrFNO3/c1-12-9-17(22)10-13(2)19(12)24-20(25)14(3)8-16(21(26)27)11-15-6-4-5-7-18(15)23/h4-7,9-10,14,16H,8,11H2,1-3H3,(H,24,25)(H,26,27)/t14-,16-/m1/s1. The number of hydrogen-bond acceptors (Lipinski definition) is 2. The van der Waals surface area contributed by atoms with Crippen molar-refractivity contribution in [2.24, 2.45) is 11.8 Å². The van der Waals surface area contributed by atoms with Gasteiger partial charge in [-0.1, -0.05) is 41.1 Å².